The Morgan fingerprint density at radius 1 is 1.18 bits per heavy atom. The zero-order valence-electron chi connectivity index (χ0n) is 24.3. The number of anilines is 2. The van der Waals surface area contributed by atoms with Crippen LogP contribution < -0.4 is 16.3 Å². The van der Waals surface area contributed by atoms with E-state index in [1.165, 1.54) is 36.8 Å². The number of nitrogen functional groups attached to an aromatic ring is 1. The highest BCUT2D eigenvalue weighted by Gasteiger charge is 2.33. The number of rotatable bonds is 6. The topological polar surface area (TPSA) is 157 Å². The van der Waals surface area contributed by atoms with Crippen LogP contribution in [0.1, 0.15) is 37.7 Å². The van der Waals surface area contributed by atoms with E-state index in [9.17, 15) is 18.0 Å². The standard InChI is InChI=1S/C30H31FN8O4S/c1-4-24(40)37-12-13-38(17(2)16-37)27-20-14-22(31)25(21-15-33-10-9-23(21)32)35-28(20)39(30(41)36-27)26-19(18-6-5-7-18)8-11-34-29(26)44(3,42)43/h4,8-11,14-15,17-18H,1,5-7,12-13,16H2,2-3H3,(H2,32,33)/t17-/m0/s1. The molecule has 2 N–H and O–H groups in total. The highest BCUT2D eigenvalue weighted by atomic mass is 32.2. The van der Waals surface area contributed by atoms with Crippen LogP contribution in [0.25, 0.3) is 28.0 Å². The van der Waals surface area contributed by atoms with Crippen molar-refractivity contribution in [3.63, 3.8) is 0 Å². The summed E-state index contributed by atoms with van der Waals surface area (Å²) in [5.41, 5.74) is 6.33. The number of hydrogen-bond acceptors (Lipinski definition) is 10. The summed E-state index contributed by atoms with van der Waals surface area (Å²) in [5, 5.41) is -0.107. The average Bonchev–Trinajstić information content (AvgIpc) is 2.95. The molecule has 0 unspecified atom stereocenters. The first-order chi connectivity index (χ1) is 21.0. The number of sulfone groups is 1. The maximum Gasteiger partial charge on any atom is 0.355 e. The molecule has 1 saturated heterocycles. The molecular formula is C30H31FN8O4S. The van der Waals surface area contributed by atoms with Crippen molar-refractivity contribution in [2.24, 2.45) is 0 Å². The van der Waals surface area contributed by atoms with E-state index in [2.05, 4.69) is 26.5 Å². The third-order valence-corrected chi connectivity index (χ3v) is 9.34. The maximum atomic E-state index is 16.0. The van der Waals surface area contributed by atoms with Gasteiger partial charge in [0.2, 0.25) is 5.91 Å². The second-order valence-electron chi connectivity index (χ2n) is 11.2. The van der Waals surface area contributed by atoms with Gasteiger partial charge in [-0.25, -0.2) is 32.1 Å². The number of nitrogens with zero attached hydrogens (tertiary/aromatic N) is 7. The number of halogens is 1. The molecule has 1 aliphatic heterocycles. The Kier molecular flexibility index (Phi) is 7.40. The van der Waals surface area contributed by atoms with E-state index in [0.717, 1.165) is 30.1 Å². The van der Waals surface area contributed by atoms with Crippen molar-refractivity contribution >= 4 is 38.3 Å². The molecule has 1 atom stereocenters. The van der Waals surface area contributed by atoms with E-state index in [0.29, 0.717) is 25.2 Å². The molecule has 5 heterocycles. The first-order valence-electron chi connectivity index (χ1n) is 14.2. The van der Waals surface area contributed by atoms with Crippen molar-refractivity contribution in [1.82, 2.24) is 29.4 Å². The van der Waals surface area contributed by atoms with E-state index in [-0.39, 0.29) is 62.4 Å². The number of aromatic nitrogens is 5. The van der Waals surface area contributed by atoms with Crippen LogP contribution in [0.3, 0.4) is 0 Å². The van der Waals surface area contributed by atoms with Crippen LogP contribution in [-0.2, 0) is 14.6 Å². The van der Waals surface area contributed by atoms with Crippen LogP contribution in [0.15, 0.2) is 59.3 Å². The lowest BCUT2D eigenvalue weighted by Crippen LogP contribution is -2.54. The predicted octanol–water partition coefficient (Wildman–Crippen LogP) is 2.85. The second kappa shape index (κ2) is 11.1. The first kappa shape index (κ1) is 29.4. The Balaban J connectivity index is 1.67. The molecule has 1 amide bonds. The minimum Gasteiger partial charge on any atom is -0.398 e. The summed E-state index contributed by atoms with van der Waals surface area (Å²) in [6.07, 6.45) is 9.11. The molecule has 228 valence electrons. The smallest absolute Gasteiger partial charge is 0.355 e. The molecule has 0 aromatic carbocycles. The molecule has 1 saturated carbocycles. The van der Waals surface area contributed by atoms with Crippen molar-refractivity contribution in [2.45, 2.75) is 43.2 Å². The number of pyridine rings is 3. The predicted molar refractivity (Wildman–Crippen MR) is 164 cm³/mol. The Labute approximate surface area is 253 Å². The fraction of sp³-hybridized carbons (Fsp3) is 0.333. The third kappa shape index (κ3) is 4.98. The van der Waals surface area contributed by atoms with Gasteiger partial charge < -0.3 is 15.5 Å². The molecule has 44 heavy (non-hydrogen) atoms. The molecule has 6 rings (SSSR count). The number of hydrogen-bond donors (Lipinski definition) is 1. The minimum absolute atomic E-state index is 0.000454. The third-order valence-electron chi connectivity index (χ3n) is 8.34. The second-order valence-corrected chi connectivity index (χ2v) is 13.1. The number of carbonyl (C=O) groups is 1. The highest BCUT2D eigenvalue weighted by Crippen LogP contribution is 2.41. The zero-order valence-corrected chi connectivity index (χ0v) is 25.1. The van der Waals surface area contributed by atoms with Gasteiger partial charge in [-0.05, 0) is 55.5 Å². The Morgan fingerprint density at radius 3 is 2.59 bits per heavy atom. The maximum absolute atomic E-state index is 16.0. The first-order valence-corrected chi connectivity index (χ1v) is 16.1. The molecule has 1 aliphatic carbocycles. The van der Waals surface area contributed by atoms with Crippen molar-refractivity contribution in [3.05, 3.63) is 71.3 Å². The van der Waals surface area contributed by atoms with Gasteiger partial charge >= 0.3 is 5.69 Å². The number of nitrogens with two attached hydrogens (primary N) is 1. The summed E-state index contributed by atoms with van der Waals surface area (Å²) in [7, 11) is -3.93. The van der Waals surface area contributed by atoms with E-state index >= 15 is 4.39 Å². The van der Waals surface area contributed by atoms with Gasteiger partial charge in [0.25, 0.3) is 0 Å². The van der Waals surface area contributed by atoms with Crippen LogP contribution in [0.2, 0.25) is 0 Å². The van der Waals surface area contributed by atoms with Gasteiger partial charge in [0.1, 0.15) is 11.5 Å². The van der Waals surface area contributed by atoms with Crippen LogP contribution in [0.4, 0.5) is 15.9 Å². The van der Waals surface area contributed by atoms with Gasteiger partial charge in [-0.3, -0.25) is 9.78 Å². The van der Waals surface area contributed by atoms with Gasteiger partial charge in [-0.2, -0.15) is 4.98 Å². The van der Waals surface area contributed by atoms with Gasteiger partial charge in [-0.15, -0.1) is 0 Å². The normalized spacial score (nSPS) is 17.5. The van der Waals surface area contributed by atoms with Crippen molar-refractivity contribution in [1.29, 1.82) is 0 Å². The average molecular weight is 619 g/mol. The monoisotopic (exact) mass is 618 g/mol. The molecule has 12 nitrogen and oxygen atoms in total. The molecule has 0 radical (unpaired) electrons. The molecule has 2 aliphatic rings. The molecule has 0 spiro atoms. The fourth-order valence-electron chi connectivity index (χ4n) is 5.91. The van der Waals surface area contributed by atoms with Crippen LogP contribution in [0.5, 0.6) is 0 Å². The van der Waals surface area contributed by atoms with Gasteiger partial charge in [0.15, 0.2) is 26.3 Å². The fourth-order valence-corrected chi connectivity index (χ4v) is 6.73. The lowest BCUT2D eigenvalue weighted by Gasteiger charge is -2.40. The van der Waals surface area contributed by atoms with Crippen molar-refractivity contribution in [2.75, 3.05) is 36.5 Å². The summed E-state index contributed by atoms with van der Waals surface area (Å²) in [4.78, 5) is 47.2. The Hall–Kier alpha value is -4.72. The molecule has 0 bridgehead atoms. The summed E-state index contributed by atoms with van der Waals surface area (Å²) in [6, 6.07) is 4.15. The molecule has 4 aromatic rings. The minimum atomic E-state index is -3.93. The SMILES string of the molecule is C=CC(=O)N1CCN(c2nc(=O)n(-c3c(C4CCC4)ccnc3S(C)(=O)=O)c3nc(-c4cnccc4N)c(F)cc23)[C@@H](C)C1. The quantitative estimate of drug-likeness (QED) is 0.319. The van der Waals surface area contributed by atoms with Crippen LogP contribution in [0, 0.1) is 5.82 Å². The molecular weight excluding hydrogens is 587 g/mol. The van der Waals surface area contributed by atoms with E-state index in [1.807, 2.05) is 11.8 Å². The van der Waals surface area contributed by atoms with Crippen LogP contribution in [-0.4, -0.2) is 75.7 Å². The van der Waals surface area contributed by atoms with E-state index in [1.54, 1.807) is 11.0 Å². The summed E-state index contributed by atoms with van der Waals surface area (Å²) in [6.45, 7) is 6.39. The number of carbonyl (C=O) groups excluding carboxylic acids is 1. The number of piperazine rings is 1. The van der Waals surface area contributed by atoms with Gasteiger partial charge in [0, 0.05) is 61.8 Å². The lowest BCUT2D eigenvalue weighted by atomic mass is 9.79. The van der Waals surface area contributed by atoms with Crippen LogP contribution >= 0.6 is 0 Å². The number of amides is 1. The molecule has 4 aromatic heterocycles. The van der Waals surface area contributed by atoms with Gasteiger partial charge in [0.05, 0.1) is 11.1 Å². The summed E-state index contributed by atoms with van der Waals surface area (Å²) < 4.78 is 43.2. The molecule has 2 fully saturated rings. The van der Waals surface area contributed by atoms with E-state index < -0.39 is 21.3 Å². The Morgan fingerprint density at radius 2 is 1.95 bits per heavy atom. The highest BCUT2D eigenvalue weighted by molar-refractivity contribution is 7.90. The van der Waals surface area contributed by atoms with E-state index in [4.69, 9.17) is 5.73 Å². The van der Waals surface area contributed by atoms with Crippen molar-refractivity contribution < 1.29 is 17.6 Å². The lowest BCUT2D eigenvalue weighted by molar-refractivity contribution is -0.126. The van der Waals surface area contributed by atoms with Gasteiger partial charge in [-0.1, -0.05) is 13.0 Å². The molecule has 14 heteroatoms. The Bertz CT molecular complexity index is 1990. The zero-order chi connectivity index (χ0) is 31.3. The summed E-state index contributed by atoms with van der Waals surface area (Å²) >= 11 is 0. The number of fused-ring (bicyclic) bond motifs is 1. The van der Waals surface area contributed by atoms with Crippen molar-refractivity contribution in [3.8, 4) is 16.9 Å². The largest absolute Gasteiger partial charge is 0.398 e. The summed E-state index contributed by atoms with van der Waals surface area (Å²) in [5.74, 6) is -0.775.